The monoisotopic (exact) mass is 253 g/mol. The average molecular weight is 253 g/mol. The summed E-state index contributed by atoms with van der Waals surface area (Å²) >= 11 is 0. The van der Waals surface area contributed by atoms with Crippen molar-refractivity contribution in [1.82, 2.24) is 0 Å². The third-order valence-corrected chi connectivity index (χ3v) is 2.16. The van der Waals surface area contributed by atoms with Crippen molar-refractivity contribution in [3.8, 4) is 17.2 Å². The lowest BCUT2D eigenvalue weighted by atomic mass is 10.2. The number of nitrogens with zero attached hydrogens (tertiary/aromatic N) is 1. The summed E-state index contributed by atoms with van der Waals surface area (Å²) in [5.41, 5.74) is 0.604. The average Bonchev–Trinajstić information content (AvgIpc) is 2.36. The normalized spacial score (nSPS) is 10.4. The highest BCUT2D eigenvalue weighted by Gasteiger charge is 2.12. The summed E-state index contributed by atoms with van der Waals surface area (Å²) in [6, 6.07) is 3.30. The van der Waals surface area contributed by atoms with Gasteiger partial charge < -0.3 is 14.2 Å². The summed E-state index contributed by atoms with van der Waals surface area (Å²) in [5.74, 6) is 1.42. The van der Waals surface area contributed by atoms with Crippen LogP contribution in [0, 0.1) is 10.1 Å². The minimum Gasteiger partial charge on any atom is -0.493 e. The Morgan fingerprint density at radius 2 is 1.94 bits per heavy atom. The fourth-order valence-corrected chi connectivity index (χ4v) is 1.46. The zero-order chi connectivity index (χ0) is 13.5. The van der Waals surface area contributed by atoms with E-state index in [0.29, 0.717) is 29.4 Å². The Morgan fingerprint density at radius 1 is 1.28 bits per heavy atom. The van der Waals surface area contributed by atoms with Crippen LogP contribution in [0.15, 0.2) is 18.3 Å². The van der Waals surface area contributed by atoms with Gasteiger partial charge in [0.25, 0.3) is 0 Å². The number of nitro groups is 1. The molecule has 1 aromatic carbocycles. The van der Waals surface area contributed by atoms with Crippen LogP contribution in [0.1, 0.15) is 12.5 Å². The van der Waals surface area contributed by atoms with E-state index in [1.54, 1.807) is 12.1 Å². The van der Waals surface area contributed by atoms with Crippen LogP contribution in [0.25, 0.3) is 6.08 Å². The van der Waals surface area contributed by atoms with E-state index in [0.717, 1.165) is 6.20 Å². The smallest absolute Gasteiger partial charge is 0.235 e. The third kappa shape index (κ3) is 3.38. The number of ether oxygens (including phenoxy) is 3. The lowest BCUT2D eigenvalue weighted by Crippen LogP contribution is -1.98. The Hall–Kier alpha value is -2.24. The maximum absolute atomic E-state index is 10.3. The number of hydrogen-bond donors (Lipinski definition) is 0. The molecule has 0 radical (unpaired) electrons. The van der Waals surface area contributed by atoms with Gasteiger partial charge in [-0.25, -0.2) is 0 Å². The predicted molar refractivity (Wildman–Crippen MR) is 66.7 cm³/mol. The van der Waals surface area contributed by atoms with Crippen molar-refractivity contribution in [2.75, 3.05) is 20.8 Å². The molecule has 98 valence electrons. The van der Waals surface area contributed by atoms with E-state index in [9.17, 15) is 10.1 Å². The molecular weight excluding hydrogens is 238 g/mol. The molecule has 0 saturated heterocycles. The van der Waals surface area contributed by atoms with Gasteiger partial charge in [0.15, 0.2) is 11.5 Å². The highest BCUT2D eigenvalue weighted by Crippen LogP contribution is 2.38. The fraction of sp³-hybridized carbons (Fsp3) is 0.333. The summed E-state index contributed by atoms with van der Waals surface area (Å²) in [6.07, 6.45) is 2.22. The van der Waals surface area contributed by atoms with Gasteiger partial charge >= 0.3 is 0 Å². The van der Waals surface area contributed by atoms with Gasteiger partial charge in [0.2, 0.25) is 11.9 Å². The molecule has 0 saturated carbocycles. The van der Waals surface area contributed by atoms with Gasteiger partial charge in [-0.2, -0.15) is 0 Å². The number of methoxy groups -OCH3 is 2. The van der Waals surface area contributed by atoms with Crippen LogP contribution >= 0.6 is 0 Å². The highest BCUT2D eigenvalue weighted by molar-refractivity contribution is 5.61. The van der Waals surface area contributed by atoms with Gasteiger partial charge in [0.1, 0.15) is 0 Å². The van der Waals surface area contributed by atoms with E-state index >= 15 is 0 Å². The molecule has 1 aromatic rings. The molecule has 1 rings (SSSR count). The van der Waals surface area contributed by atoms with Crippen LogP contribution in [0.2, 0.25) is 0 Å². The van der Waals surface area contributed by atoms with Crippen LogP contribution in [-0.2, 0) is 0 Å². The molecule has 0 aliphatic heterocycles. The molecular formula is C12H15NO5. The first kappa shape index (κ1) is 13.8. The Bertz CT molecular complexity index is 456. The summed E-state index contributed by atoms with van der Waals surface area (Å²) in [4.78, 5) is 9.76. The van der Waals surface area contributed by atoms with Crippen molar-refractivity contribution >= 4 is 6.08 Å². The van der Waals surface area contributed by atoms with E-state index < -0.39 is 4.92 Å². The van der Waals surface area contributed by atoms with Gasteiger partial charge in [-0.15, -0.1) is 0 Å². The topological polar surface area (TPSA) is 70.8 Å². The second-order valence-corrected chi connectivity index (χ2v) is 3.29. The zero-order valence-electron chi connectivity index (χ0n) is 10.5. The van der Waals surface area contributed by atoms with Gasteiger partial charge in [0, 0.05) is 6.08 Å². The molecule has 6 heteroatoms. The van der Waals surface area contributed by atoms with Crippen LogP contribution in [0.3, 0.4) is 0 Å². The molecule has 0 aliphatic carbocycles. The molecule has 6 nitrogen and oxygen atoms in total. The van der Waals surface area contributed by atoms with Crippen molar-refractivity contribution < 1.29 is 19.1 Å². The van der Waals surface area contributed by atoms with Crippen molar-refractivity contribution in [1.29, 1.82) is 0 Å². The van der Waals surface area contributed by atoms with Gasteiger partial charge in [0.05, 0.1) is 25.7 Å². The Morgan fingerprint density at radius 3 is 2.44 bits per heavy atom. The first-order valence-electron chi connectivity index (χ1n) is 5.32. The molecule has 0 atom stereocenters. The SMILES string of the molecule is CCOc1cc(C=C[N+](=O)[O-])cc(OC)c1OC. The first-order chi connectivity index (χ1) is 8.62. The van der Waals surface area contributed by atoms with Crippen molar-refractivity contribution in [3.63, 3.8) is 0 Å². The van der Waals surface area contributed by atoms with Crippen molar-refractivity contribution in [2.45, 2.75) is 6.92 Å². The quantitative estimate of drug-likeness (QED) is 0.575. The summed E-state index contributed by atoms with van der Waals surface area (Å²) in [5, 5.41) is 10.3. The van der Waals surface area contributed by atoms with Crippen LogP contribution in [0.5, 0.6) is 17.2 Å². The second-order valence-electron chi connectivity index (χ2n) is 3.29. The molecule has 0 aliphatic rings. The molecule has 18 heavy (non-hydrogen) atoms. The number of benzene rings is 1. The molecule has 0 unspecified atom stereocenters. The minimum absolute atomic E-state index is 0.460. The Kier molecular flexibility index (Phi) is 4.98. The van der Waals surface area contributed by atoms with Crippen molar-refractivity contribution in [3.05, 3.63) is 34.0 Å². The van der Waals surface area contributed by atoms with E-state index in [1.165, 1.54) is 20.3 Å². The first-order valence-corrected chi connectivity index (χ1v) is 5.32. The molecule has 0 N–H and O–H groups in total. The van der Waals surface area contributed by atoms with Crippen LogP contribution in [-0.4, -0.2) is 25.7 Å². The maximum Gasteiger partial charge on any atom is 0.235 e. The van der Waals surface area contributed by atoms with Gasteiger partial charge in [-0.3, -0.25) is 10.1 Å². The maximum atomic E-state index is 10.3. The lowest BCUT2D eigenvalue weighted by molar-refractivity contribution is -0.400. The van der Waals surface area contributed by atoms with Crippen LogP contribution < -0.4 is 14.2 Å². The second kappa shape index (κ2) is 6.48. The zero-order valence-corrected chi connectivity index (χ0v) is 10.5. The Labute approximate surface area is 105 Å². The van der Waals surface area contributed by atoms with Gasteiger partial charge in [-0.1, -0.05) is 0 Å². The third-order valence-electron chi connectivity index (χ3n) is 2.16. The molecule has 0 spiro atoms. The summed E-state index contributed by atoms with van der Waals surface area (Å²) in [6.45, 7) is 2.30. The van der Waals surface area contributed by atoms with E-state index in [4.69, 9.17) is 14.2 Å². The minimum atomic E-state index is -0.531. The molecule has 0 bridgehead atoms. The largest absolute Gasteiger partial charge is 0.493 e. The van der Waals surface area contributed by atoms with Crippen molar-refractivity contribution in [2.24, 2.45) is 0 Å². The van der Waals surface area contributed by atoms with Gasteiger partial charge in [-0.05, 0) is 24.6 Å². The molecule has 0 amide bonds. The molecule has 0 fully saturated rings. The van der Waals surface area contributed by atoms with E-state index in [1.807, 2.05) is 6.92 Å². The predicted octanol–water partition coefficient (Wildman–Crippen LogP) is 2.35. The molecule has 0 aromatic heterocycles. The van der Waals surface area contributed by atoms with E-state index in [2.05, 4.69) is 0 Å². The number of hydrogen-bond acceptors (Lipinski definition) is 5. The summed E-state index contributed by atoms with van der Waals surface area (Å²) in [7, 11) is 3.00. The standard InChI is InChI=1S/C12H15NO5/c1-4-18-11-8-9(5-6-13(14)15)7-10(16-2)12(11)17-3/h5-8H,4H2,1-3H3. The fourth-order valence-electron chi connectivity index (χ4n) is 1.46. The summed E-state index contributed by atoms with van der Waals surface area (Å²) < 4.78 is 15.8. The molecule has 0 heterocycles. The highest BCUT2D eigenvalue weighted by atomic mass is 16.6. The lowest BCUT2D eigenvalue weighted by Gasteiger charge is -2.13. The number of rotatable bonds is 6. The Balaban J connectivity index is 3.22. The van der Waals surface area contributed by atoms with Crippen LogP contribution in [0.4, 0.5) is 0 Å². The van der Waals surface area contributed by atoms with E-state index in [-0.39, 0.29) is 0 Å².